The summed E-state index contributed by atoms with van der Waals surface area (Å²) in [6.07, 6.45) is 7.55. The van der Waals surface area contributed by atoms with Gasteiger partial charge in [-0.1, -0.05) is 26.8 Å². The molecule has 262 valence electrons. The van der Waals surface area contributed by atoms with Crippen LogP contribution >= 0.6 is 0 Å². The maximum absolute atomic E-state index is 13.0. The molecule has 2 spiro atoms. The molecule has 1 aromatic rings. The van der Waals surface area contributed by atoms with Gasteiger partial charge in [0.25, 0.3) is 0 Å². The highest BCUT2D eigenvalue weighted by atomic mass is 16.7. The first-order valence-electron chi connectivity index (χ1n) is 18.2. The predicted octanol–water partition coefficient (Wildman–Crippen LogP) is 6.06. The minimum atomic E-state index is -1.02. The summed E-state index contributed by atoms with van der Waals surface area (Å²) in [6.45, 7) is 16.8. The Balaban J connectivity index is 1.30. The fourth-order valence-electron chi connectivity index (χ4n) is 11.2. The number of benzene rings is 1. The Morgan fingerprint density at radius 1 is 1.06 bits per heavy atom. The van der Waals surface area contributed by atoms with Crippen LogP contribution in [-0.4, -0.2) is 92.2 Å². The van der Waals surface area contributed by atoms with Gasteiger partial charge in [0.05, 0.1) is 30.8 Å². The van der Waals surface area contributed by atoms with Crippen molar-refractivity contribution in [2.75, 3.05) is 53.2 Å². The van der Waals surface area contributed by atoms with Crippen molar-refractivity contribution in [3.63, 3.8) is 0 Å². The van der Waals surface area contributed by atoms with E-state index < -0.39 is 23.0 Å². The summed E-state index contributed by atoms with van der Waals surface area (Å²) in [5, 5.41) is 12.7. The van der Waals surface area contributed by atoms with E-state index in [9.17, 15) is 9.90 Å². The van der Waals surface area contributed by atoms with Crippen LogP contribution in [0.4, 0.5) is 4.79 Å². The van der Waals surface area contributed by atoms with E-state index in [0.29, 0.717) is 37.4 Å². The monoisotopic (exact) mass is 655 g/mol. The lowest BCUT2D eigenvalue weighted by molar-refractivity contribution is -0.305. The number of rotatable bonds is 12. The minimum absolute atomic E-state index is 0.0890. The Morgan fingerprint density at radius 3 is 2.51 bits per heavy atom. The lowest BCUT2D eigenvalue weighted by Crippen LogP contribution is -2.83. The lowest BCUT2D eigenvalue weighted by Gasteiger charge is -2.73. The molecular weight excluding hydrogens is 598 g/mol. The Bertz CT molecular complexity index is 1370. The summed E-state index contributed by atoms with van der Waals surface area (Å²) >= 11 is 0. The maximum atomic E-state index is 13.0. The van der Waals surface area contributed by atoms with E-state index in [4.69, 9.17) is 28.4 Å². The van der Waals surface area contributed by atoms with Crippen LogP contribution in [0.15, 0.2) is 12.1 Å². The lowest BCUT2D eigenvalue weighted by atomic mass is 9.35. The van der Waals surface area contributed by atoms with Crippen LogP contribution in [0.5, 0.6) is 11.5 Å². The van der Waals surface area contributed by atoms with E-state index >= 15 is 0 Å². The highest BCUT2D eigenvalue weighted by molar-refractivity contribution is 5.70. The van der Waals surface area contributed by atoms with E-state index in [0.717, 1.165) is 57.5 Å². The van der Waals surface area contributed by atoms with Gasteiger partial charge in [-0.25, -0.2) is 4.79 Å². The number of aliphatic hydroxyl groups is 1. The molecule has 0 aromatic heterocycles. The number of hydrogen-bond donors (Lipinski definition) is 1. The molecule has 1 N–H and O–H groups in total. The Morgan fingerprint density at radius 2 is 1.81 bits per heavy atom. The highest BCUT2D eigenvalue weighted by Gasteiger charge is 2.85. The summed E-state index contributed by atoms with van der Waals surface area (Å²) in [7, 11) is 1.83. The van der Waals surface area contributed by atoms with Crippen molar-refractivity contribution < 1.29 is 38.3 Å². The van der Waals surface area contributed by atoms with Gasteiger partial charge >= 0.3 is 6.16 Å². The molecule has 7 unspecified atom stereocenters. The van der Waals surface area contributed by atoms with E-state index in [1.165, 1.54) is 24.0 Å². The molecule has 1 aromatic carbocycles. The molecule has 7 aliphatic rings. The molecule has 47 heavy (non-hydrogen) atoms. The number of carbonyl (C=O) groups excluding carboxylic acids is 1. The molecule has 7 atom stereocenters. The van der Waals surface area contributed by atoms with E-state index in [1.54, 1.807) is 0 Å². The van der Waals surface area contributed by atoms with Gasteiger partial charge in [-0.3, -0.25) is 4.90 Å². The number of nitrogens with zero attached hydrogens (tertiary/aromatic N) is 1. The van der Waals surface area contributed by atoms with Gasteiger partial charge in [-0.15, -0.1) is 0 Å². The zero-order valence-corrected chi connectivity index (χ0v) is 29.7. The van der Waals surface area contributed by atoms with Crippen molar-refractivity contribution in [1.29, 1.82) is 0 Å². The quantitative estimate of drug-likeness (QED) is 0.164. The zero-order chi connectivity index (χ0) is 33.5. The van der Waals surface area contributed by atoms with Crippen LogP contribution in [0.25, 0.3) is 0 Å². The summed E-state index contributed by atoms with van der Waals surface area (Å²) in [5.74, 6) is 1.69. The minimum Gasteiger partial charge on any atom is -0.479 e. The van der Waals surface area contributed by atoms with Crippen LogP contribution < -0.4 is 9.47 Å². The molecule has 5 aliphatic carbocycles. The average molecular weight is 656 g/mol. The fourth-order valence-corrected chi connectivity index (χ4v) is 11.2. The molecule has 5 fully saturated rings. The third-order valence-corrected chi connectivity index (χ3v) is 13.9. The van der Waals surface area contributed by atoms with Gasteiger partial charge in [0.2, 0.25) is 0 Å². The van der Waals surface area contributed by atoms with Crippen LogP contribution in [0.3, 0.4) is 0 Å². The predicted molar refractivity (Wildman–Crippen MR) is 177 cm³/mol. The van der Waals surface area contributed by atoms with Gasteiger partial charge in [-0.2, -0.15) is 0 Å². The van der Waals surface area contributed by atoms with Crippen molar-refractivity contribution >= 4 is 6.16 Å². The molecule has 2 heterocycles. The first-order chi connectivity index (χ1) is 22.3. The highest BCUT2D eigenvalue weighted by Crippen LogP contribution is 2.80. The normalized spacial score (nSPS) is 36.7. The smallest absolute Gasteiger partial charge is 0.479 e. The largest absolute Gasteiger partial charge is 0.514 e. The molecule has 8 rings (SSSR count). The second kappa shape index (κ2) is 11.6. The molecule has 2 aliphatic heterocycles. The number of likely N-dealkylation sites (tertiary alicyclic amines) is 1. The van der Waals surface area contributed by atoms with Crippen molar-refractivity contribution in [2.24, 2.45) is 22.7 Å². The standard InChI is InChI=1S/C38H57NO8/c1-8-43-18-19-44-20-21-45-32(40)46-27-13-12-26-22-29-36-14-9-15-38(42-7,28(23-36)34(5,41)33(2,3)4)35(6)37(36,30(26)31(27)47-35)16-17-39(29)24-25-10-11-25/h12-13,25,28-29,41H,8-11,14-24H2,1-7H3. The maximum Gasteiger partial charge on any atom is 0.514 e. The van der Waals surface area contributed by atoms with Crippen molar-refractivity contribution in [3.8, 4) is 11.5 Å². The number of carbonyl (C=O) groups is 1. The topological polar surface area (TPSA) is 95.9 Å². The number of hydrogen-bond acceptors (Lipinski definition) is 9. The molecule has 0 radical (unpaired) electrons. The Hall–Kier alpha value is -1.91. The van der Waals surface area contributed by atoms with Crippen molar-refractivity contribution in [3.05, 3.63) is 23.3 Å². The van der Waals surface area contributed by atoms with Crippen LogP contribution in [0.1, 0.15) is 97.6 Å². The summed E-state index contributed by atoms with van der Waals surface area (Å²) in [6, 6.07) is 4.41. The van der Waals surface area contributed by atoms with E-state index in [1.807, 2.05) is 27.0 Å². The fraction of sp³-hybridized carbons (Fsp3) is 0.816. The Labute approximate surface area is 280 Å². The second-order valence-corrected chi connectivity index (χ2v) is 16.6. The zero-order valence-electron chi connectivity index (χ0n) is 29.7. The molecule has 9 heteroatoms. The van der Waals surface area contributed by atoms with Gasteiger partial charge < -0.3 is 33.5 Å². The van der Waals surface area contributed by atoms with Gasteiger partial charge in [0, 0.05) is 43.2 Å². The molecule has 4 saturated carbocycles. The van der Waals surface area contributed by atoms with Gasteiger partial charge in [0.15, 0.2) is 11.5 Å². The first kappa shape index (κ1) is 33.6. The second-order valence-electron chi connectivity index (χ2n) is 16.6. The number of fused-ring (bicyclic) bond motifs is 3. The van der Waals surface area contributed by atoms with Crippen molar-refractivity contribution in [1.82, 2.24) is 4.90 Å². The van der Waals surface area contributed by atoms with E-state index in [2.05, 4.69) is 38.7 Å². The third kappa shape index (κ3) is 4.62. The third-order valence-electron chi connectivity index (χ3n) is 13.9. The number of piperidine rings is 1. The van der Waals surface area contributed by atoms with Crippen LogP contribution in [-0.2, 0) is 30.8 Å². The summed E-state index contributed by atoms with van der Waals surface area (Å²) in [4.78, 5) is 15.8. The summed E-state index contributed by atoms with van der Waals surface area (Å²) < 4.78 is 36.5. The van der Waals surface area contributed by atoms with Gasteiger partial charge in [0.1, 0.15) is 17.8 Å². The van der Waals surface area contributed by atoms with Gasteiger partial charge in [-0.05, 0) is 102 Å². The average Bonchev–Trinajstić information content (AvgIpc) is 3.82. The number of methoxy groups -OCH3 is 1. The number of ether oxygens (including phenoxy) is 6. The van der Waals surface area contributed by atoms with Crippen LogP contribution in [0, 0.1) is 22.7 Å². The Kier molecular flexibility index (Phi) is 8.27. The SMILES string of the molecule is CCOCCOCCOC(=O)Oc1ccc2c3c1OC1(C)C4(OC)CCCC5(CC4C(C)(O)C(C)(C)C)C(C2)N(CC2CC2)CCC351. The van der Waals surface area contributed by atoms with E-state index in [-0.39, 0.29) is 35.4 Å². The van der Waals surface area contributed by atoms with Crippen LogP contribution in [0.2, 0.25) is 0 Å². The van der Waals surface area contributed by atoms with Crippen molar-refractivity contribution in [2.45, 2.75) is 121 Å². The molecular formula is C38H57NO8. The molecule has 4 bridgehead atoms. The summed E-state index contributed by atoms with van der Waals surface area (Å²) in [5.41, 5.74) is -0.907. The molecule has 9 nitrogen and oxygen atoms in total. The molecule has 0 amide bonds. The first-order valence-corrected chi connectivity index (χ1v) is 18.2. The molecule has 1 saturated heterocycles.